The molecule has 8 rings (SSSR count). The van der Waals surface area contributed by atoms with Crippen molar-refractivity contribution in [2.24, 2.45) is 5.73 Å². The lowest BCUT2D eigenvalue weighted by molar-refractivity contribution is 1.03. The van der Waals surface area contributed by atoms with Gasteiger partial charge >= 0.3 is 0 Å². The molecule has 244 valence electrons. The lowest BCUT2D eigenvalue weighted by atomic mass is 9.97. The fourth-order valence-electron chi connectivity index (χ4n) is 6.34. The summed E-state index contributed by atoms with van der Waals surface area (Å²) >= 11 is 0. The second-order valence-corrected chi connectivity index (χ2v) is 13.5. The summed E-state index contributed by atoms with van der Waals surface area (Å²) in [6, 6.07) is 32.8. The zero-order chi connectivity index (χ0) is 33.7. The molecule has 3 heteroatoms. The van der Waals surface area contributed by atoms with Crippen LogP contribution < -0.4 is 16.1 Å². The van der Waals surface area contributed by atoms with Gasteiger partial charge in [0, 0.05) is 30.5 Å². The molecular weight excluding hydrogens is 599 g/mol. The molecule has 0 fully saturated rings. The molecule has 2 nitrogen and oxygen atoms in total. The molecule has 0 heterocycles. The molecule has 3 N–H and O–H groups in total. The minimum absolute atomic E-state index is 0.369. The van der Waals surface area contributed by atoms with Gasteiger partial charge in [0.1, 0.15) is 0 Å². The first kappa shape index (κ1) is 34.7. The molecule has 0 amide bonds. The van der Waals surface area contributed by atoms with Crippen molar-refractivity contribution < 1.29 is 0 Å². The third-order valence-corrected chi connectivity index (χ3v) is 10.9. The molecular formula is C45H49N2P. The topological polar surface area (TPSA) is 38.0 Å². The molecule has 1 atom stereocenters. The first-order valence-electron chi connectivity index (χ1n) is 17.6. The van der Waals surface area contributed by atoms with Crippen LogP contribution in [0.5, 0.6) is 0 Å². The number of hydrogen-bond donors (Lipinski definition) is 2. The Morgan fingerprint density at radius 2 is 1.29 bits per heavy atom. The highest BCUT2D eigenvalue weighted by Gasteiger charge is 2.27. The number of nitrogens with two attached hydrogens (primary N) is 1. The Kier molecular flexibility index (Phi) is 12.6. The Morgan fingerprint density at radius 1 is 0.646 bits per heavy atom. The third kappa shape index (κ3) is 7.89. The molecule has 0 bridgehead atoms. The van der Waals surface area contributed by atoms with E-state index in [2.05, 4.69) is 157 Å². The van der Waals surface area contributed by atoms with Crippen LogP contribution in [0.1, 0.15) is 81.5 Å². The van der Waals surface area contributed by atoms with E-state index in [4.69, 9.17) is 5.73 Å². The summed E-state index contributed by atoms with van der Waals surface area (Å²) in [7, 11) is -0.817. The van der Waals surface area contributed by atoms with Crippen molar-refractivity contribution in [2.45, 2.75) is 59.3 Å². The van der Waals surface area contributed by atoms with Gasteiger partial charge in [-0.15, -0.1) is 0 Å². The Balaban J connectivity index is 0.000000397. The number of nitrogens with one attached hydrogen (secondary N) is 1. The lowest BCUT2D eigenvalue weighted by Gasteiger charge is -2.27. The maximum atomic E-state index is 6.83. The molecule has 4 aliphatic carbocycles. The summed E-state index contributed by atoms with van der Waals surface area (Å²) in [5.74, 6) is 0.369. The molecule has 4 aromatic rings. The fourth-order valence-corrected chi connectivity index (χ4v) is 8.41. The van der Waals surface area contributed by atoms with E-state index in [1.807, 2.05) is 27.7 Å². The van der Waals surface area contributed by atoms with Gasteiger partial charge < -0.3 is 10.8 Å². The van der Waals surface area contributed by atoms with Gasteiger partial charge in [0.15, 0.2) is 0 Å². The molecule has 0 unspecified atom stereocenters. The molecule has 0 aromatic heterocycles. The smallest absolute Gasteiger partial charge is 0.0697 e. The quantitative estimate of drug-likeness (QED) is 0.204. The Hall–Kier alpha value is -4.65. The zero-order valence-corrected chi connectivity index (χ0v) is 29.8. The van der Waals surface area contributed by atoms with Crippen molar-refractivity contribution >= 4 is 41.1 Å². The summed E-state index contributed by atoms with van der Waals surface area (Å²) in [5.41, 5.74) is 15.1. The first-order valence-corrected chi connectivity index (χ1v) is 18.9. The van der Waals surface area contributed by atoms with E-state index in [1.54, 1.807) is 0 Å². The van der Waals surface area contributed by atoms with Crippen molar-refractivity contribution in [3.8, 4) is 0 Å². The highest BCUT2D eigenvalue weighted by Crippen LogP contribution is 2.50. The van der Waals surface area contributed by atoms with Crippen molar-refractivity contribution in [1.82, 2.24) is 5.09 Å². The normalized spacial score (nSPS) is 16.2. The van der Waals surface area contributed by atoms with E-state index >= 15 is 0 Å². The highest BCUT2D eigenvalue weighted by atomic mass is 31.1. The highest BCUT2D eigenvalue weighted by molar-refractivity contribution is 7.68. The van der Waals surface area contributed by atoms with Gasteiger partial charge in [0.05, 0.1) is 11.4 Å². The molecule has 0 aliphatic heterocycles. The largest absolute Gasteiger partial charge is 0.397 e. The summed E-state index contributed by atoms with van der Waals surface area (Å²) in [6.07, 6.45) is 26.5. The second-order valence-electron chi connectivity index (χ2n) is 11.5. The average molecular weight is 649 g/mol. The van der Waals surface area contributed by atoms with Gasteiger partial charge in [-0.1, -0.05) is 179 Å². The summed E-state index contributed by atoms with van der Waals surface area (Å²) in [5, 5.41) is 9.25. The van der Waals surface area contributed by atoms with Crippen LogP contribution in [-0.2, 0) is 0 Å². The van der Waals surface area contributed by atoms with Gasteiger partial charge in [0.25, 0.3) is 0 Å². The number of benzene rings is 4. The lowest BCUT2D eigenvalue weighted by Crippen LogP contribution is -2.18. The standard InChI is InChI=1S/C35H29N2P.C6H8.2C2H6/c36-34-31-14-6-12-28-13-7-15-32(33(28)31)35(34)37-38(30-22-18-27(19-23-30)25-10-4-5-11-25)29-20-16-26(17-21-29)24-8-2-1-3-9-24;1-2-4-6-5-3-1;2*1-2/h1-16,18-20,22-23,25,37H,17,21,36H2;1-4H,5-6H2;2*1-2H3/t38-;;;/m1.../s1. The van der Waals surface area contributed by atoms with E-state index in [0.29, 0.717) is 5.92 Å². The minimum atomic E-state index is -0.817. The maximum Gasteiger partial charge on any atom is 0.0697 e. The summed E-state index contributed by atoms with van der Waals surface area (Å²) in [4.78, 5) is 0. The molecule has 48 heavy (non-hydrogen) atoms. The van der Waals surface area contributed by atoms with Crippen molar-refractivity contribution in [2.75, 3.05) is 0 Å². The van der Waals surface area contributed by atoms with Crippen LogP contribution >= 0.6 is 8.07 Å². The van der Waals surface area contributed by atoms with Crippen LogP contribution in [-0.4, -0.2) is 0 Å². The Labute approximate surface area is 289 Å². The minimum Gasteiger partial charge on any atom is -0.397 e. The van der Waals surface area contributed by atoms with Gasteiger partial charge in [-0.25, -0.2) is 0 Å². The molecule has 0 spiro atoms. The summed E-state index contributed by atoms with van der Waals surface area (Å²) in [6.45, 7) is 8.00. The number of allylic oxidation sites excluding steroid dienone is 12. The van der Waals surface area contributed by atoms with Gasteiger partial charge in [0.2, 0.25) is 0 Å². The van der Waals surface area contributed by atoms with Gasteiger partial charge in [-0.2, -0.15) is 0 Å². The predicted molar refractivity (Wildman–Crippen MR) is 214 cm³/mol. The van der Waals surface area contributed by atoms with E-state index in [-0.39, 0.29) is 0 Å². The van der Waals surface area contributed by atoms with Gasteiger partial charge in [-0.3, -0.25) is 0 Å². The molecule has 0 saturated carbocycles. The maximum absolute atomic E-state index is 6.83. The summed E-state index contributed by atoms with van der Waals surface area (Å²) < 4.78 is 0. The van der Waals surface area contributed by atoms with Crippen molar-refractivity contribution in [1.29, 1.82) is 0 Å². The van der Waals surface area contributed by atoms with Crippen molar-refractivity contribution in [3.63, 3.8) is 0 Å². The Morgan fingerprint density at radius 3 is 1.88 bits per heavy atom. The zero-order valence-electron chi connectivity index (χ0n) is 28.9. The monoisotopic (exact) mass is 648 g/mol. The molecule has 0 saturated heterocycles. The molecule has 4 aliphatic rings. The van der Waals surface area contributed by atoms with E-state index in [9.17, 15) is 0 Å². The predicted octanol–water partition coefficient (Wildman–Crippen LogP) is 12.2. The number of hydrogen-bond acceptors (Lipinski definition) is 2. The Bertz CT molecular complexity index is 1860. The molecule has 0 radical (unpaired) electrons. The first-order chi connectivity index (χ1) is 23.8. The van der Waals surface area contributed by atoms with Crippen LogP contribution in [0.2, 0.25) is 0 Å². The van der Waals surface area contributed by atoms with Crippen LogP contribution in [0, 0.1) is 0 Å². The second kappa shape index (κ2) is 17.5. The van der Waals surface area contributed by atoms with E-state index < -0.39 is 8.07 Å². The number of rotatable bonds is 6. The average Bonchev–Trinajstić information content (AvgIpc) is 3.82. The van der Waals surface area contributed by atoms with Crippen LogP contribution in [0.25, 0.3) is 27.7 Å². The van der Waals surface area contributed by atoms with E-state index in [1.165, 1.54) is 56.5 Å². The third-order valence-electron chi connectivity index (χ3n) is 8.68. The van der Waals surface area contributed by atoms with Crippen LogP contribution in [0.15, 0.2) is 157 Å². The SMILES string of the molecule is C1=CCCC=C1.CC.CC.NC1=C(N[P@](C2=CC=C(c3ccccc3)CC2)c2ccc(C3C=CC=C3)cc2)c2cccc3cccc1c23. The van der Waals surface area contributed by atoms with Crippen LogP contribution in [0.4, 0.5) is 0 Å². The van der Waals surface area contributed by atoms with Crippen molar-refractivity contribution in [3.05, 3.63) is 179 Å². The molecule has 4 aromatic carbocycles. The van der Waals surface area contributed by atoms with E-state index in [0.717, 1.165) is 29.8 Å². The van der Waals surface area contributed by atoms with Gasteiger partial charge in [-0.05, 0) is 58.4 Å². The van der Waals surface area contributed by atoms with Crippen LogP contribution in [0.3, 0.4) is 0 Å². The fraction of sp³-hybridized carbons (Fsp3) is 0.200.